The van der Waals surface area contributed by atoms with E-state index in [1.54, 1.807) is 0 Å². The van der Waals surface area contributed by atoms with Crippen molar-refractivity contribution < 1.29 is 25.5 Å². The molecule has 0 aliphatic rings. The molecule has 17 heavy (non-hydrogen) atoms. The molecule has 0 aromatic rings. The Bertz CT molecular complexity index is 143. The first kappa shape index (κ1) is 29.4. The molecular weight excluding hydrogens is 269 g/mol. The predicted octanol–water partition coefficient (Wildman–Crippen LogP) is -2.13. The Morgan fingerprint density at radius 2 is 0.706 bits per heavy atom. The summed E-state index contributed by atoms with van der Waals surface area (Å²) in [5, 5.41) is 59.5. The van der Waals surface area contributed by atoms with E-state index in [0.29, 0.717) is 0 Å². The molecule has 15 heteroatoms. The zero-order valence-electron chi connectivity index (χ0n) is 7.90. The summed E-state index contributed by atoms with van der Waals surface area (Å²) in [6.45, 7) is -0.250. The molecule has 98 valence electrons. The summed E-state index contributed by atoms with van der Waals surface area (Å²) >= 11 is 0. The van der Waals surface area contributed by atoms with E-state index in [-0.39, 0.29) is 30.6 Å². The van der Waals surface area contributed by atoms with E-state index >= 15 is 0 Å². The van der Waals surface area contributed by atoms with E-state index in [9.17, 15) is 0 Å². The van der Waals surface area contributed by atoms with Crippen molar-refractivity contribution in [3.63, 3.8) is 0 Å². The van der Waals surface area contributed by atoms with Gasteiger partial charge in [-0.3, -0.25) is 0 Å². The summed E-state index contributed by atoms with van der Waals surface area (Å²) in [5.74, 6) is 0. The molecule has 0 saturated heterocycles. The van der Waals surface area contributed by atoms with E-state index in [4.69, 9.17) is 56.2 Å². The van der Waals surface area contributed by atoms with Crippen molar-refractivity contribution in [1.82, 2.24) is 0 Å². The number of aliphatic hydroxyl groups is 2. The summed E-state index contributed by atoms with van der Waals surface area (Å²) in [6, 6.07) is 0. The van der Waals surface area contributed by atoms with Gasteiger partial charge in [0.25, 0.3) is 0 Å². The minimum atomic E-state index is -1.75. The smallest absolute Gasteiger partial charge is 0.394 e. The van der Waals surface area contributed by atoms with Crippen molar-refractivity contribution >= 4 is 17.4 Å². The van der Waals surface area contributed by atoms with Gasteiger partial charge >= 0.3 is 17.4 Å². The van der Waals surface area contributed by atoms with E-state index in [1.165, 1.54) is 0 Å². The normalized spacial score (nSPS) is 6.00. The molecule has 0 saturated carbocycles. The van der Waals surface area contributed by atoms with Crippen LogP contribution in [0, 0.1) is 46.0 Å². The van der Waals surface area contributed by atoms with Gasteiger partial charge in [0.1, 0.15) is 0 Å². The fraction of sp³-hybridized carbons (Fsp3) is 1.00. The summed E-state index contributed by atoms with van der Waals surface area (Å²) in [6.07, 6.45) is 0. The fourth-order valence-electron chi connectivity index (χ4n) is 0. The quantitative estimate of drug-likeness (QED) is 0.297. The van der Waals surface area contributed by atoms with Gasteiger partial charge in [-0.15, -0.1) is 0 Å². The largest absolute Gasteiger partial charge is 3.00 e. The summed E-state index contributed by atoms with van der Waals surface area (Å²) in [5.41, 5.74) is 0. The summed E-state index contributed by atoms with van der Waals surface area (Å²) in [7, 11) is 0. The van der Waals surface area contributed by atoms with Gasteiger partial charge in [0.2, 0.25) is 0 Å². The maximum atomic E-state index is 8.25. The van der Waals surface area contributed by atoms with Crippen LogP contribution >= 0.6 is 0 Å². The Balaban J connectivity index is -0.0000000369. The molecule has 0 aromatic heterocycles. The van der Waals surface area contributed by atoms with Gasteiger partial charge in [-0.25, -0.2) is 0 Å². The van der Waals surface area contributed by atoms with E-state index in [2.05, 4.69) is 0 Å². The Morgan fingerprint density at radius 3 is 0.706 bits per heavy atom. The molecule has 2 N–H and O–H groups in total. The van der Waals surface area contributed by atoms with Crippen LogP contribution in [0.3, 0.4) is 0 Å². The molecule has 0 aliphatic heterocycles. The van der Waals surface area contributed by atoms with Crippen LogP contribution in [-0.4, -0.2) is 56.0 Å². The third-order valence-electron chi connectivity index (χ3n) is 0.1000. The first-order chi connectivity index (χ1) is 7.11. The molecule has 0 bridgehead atoms. The molecule has 0 atom stereocenters. The number of hydrogen-bond acceptors (Lipinski definition) is 11. The second-order valence-electron chi connectivity index (χ2n) is 1.12. The van der Waals surface area contributed by atoms with Gasteiger partial charge in [-0.2, -0.15) is 0 Å². The van der Waals surface area contributed by atoms with Gasteiger partial charge in [0.15, 0.2) is 0 Å². The average molecular weight is 275 g/mol. The van der Waals surface area contributed by atoms with Crippen molar-refractivity contribution in [3.8, 4) is 0 Å². The van der Waals surface area contributed by atoms with Crippen molar-refractivity contribution in [2.24, 2.45) is 0 Å². The van der Waals surface area contributed by atoms with E-state index in [0.717, 1.165) is 0 Å². The molecule has 0 radical (unpaired) electrons. The van der Waals surface area contributed by atoms with Crippen LogP contribution in [0.2, 0.25) is 0 Å². The SMILES string of the molecule is O=[N+]([O-])[O-].O=[N+]([O-])[O-].O=[N+]([O-])[O-].OCCO.[Al+3]. The van der Waals surface area contributed by atoms with Crippen molar-refractivity contribution in [3.05, 3.63) is 46.0 Å². The zero-order chi connectivity index (χ0) is 14.1. The molecule has 0 heterocycles. The molecule has 0 rings (SSSR count). The molecule has 0 fully saturated rings. The Labute approximate surface area is 103 Å². The molecule has 0 aromatic carbocycles. The van der Waals surface area contributed by atoms with Gasteiger partial charge in [0, 0.05) is 0 Å². The minimum Gasteiger partial charge on any atom is -0.394 e. The van der Waals surface area contributed by atoms with Gasteiger partial charge in [-0.1, -0.05) is 0 Å². The van der Waals surface area contributed by atoms with Crippen molar-refractivity contribution in [2.45, 2.75) is 0 Å². The van der Waals surface area contributed by atoms with Crippen LogP contribution in [0.4, 0.5) is 0 Å². The molecule has 14 nitrogen and oxygen atoms in total. The van der Waals surface area contributed by atoms with Gasteiger partial charge in [-0.05, 0) is 0 Å². The second-order valence-corrected chi connectivity index (χ2v) is 1.12. The second kappa shape index (κ2) is 29.2. The third-order valence-corrected chi connectivity index (χ3v) is 0.1000. The van der Waals surface area contributed by atoms with Gasteiger partial charge < -0.3 is 56.2 Å². The van der Waals surface area contributed by atoms with Crippen LogP contribution in [0.25, 0.3) is 0 Å². The summed E-state index contributed by atoms with van der Waals surface area (Å²) in [4.78, 5) is 24.8. The van der Waals surface area contributed by atoms with Gasteiger partial charge in [0.05, 0.1) is 28.5 Å². The number of aliphatic hydroxyl groups excluding tert-OH is 2. The molecule has 0 unspecified atom stereocenters. The Hall–Kier alpha value is -1.95. The fourth-order valence-corrected chi connectivity index (χ4v) is 0. The maximum Gasteiger partial charge on any atom is 3.00 e. The van der Waals surface area contributed by atoms with Crippen LogP contribution in [0.5, 0.6) is 0 Å². The first-order valence-corrected chi connectivity index (χ1v) is 2.78. The molecular formula is C2H6AlN3O11. The van der Waals surface area contributed by atoms with Crippen LogP contribution < -0.4 is 0 Å². The minimum absolute atomic E-state index is 0. The monoisotopic (exact) mass is 275 g/mol. The van der Waals surface area contributed by atoms with Crippen LogP contribution in [0.1, 0.15) is 0 Å². The Kier molecular flexibility index (Phi) is 50.6. The number of hydrogen-bond donors (Lipinski definition) is 2. The van der Waals surface area contributed by atoms with Crippen molar-refractivity contribution in [1.29, 1.82) is 0 Å². The zero-order valence-corrected chi connectivity index (χ0v) is 9.06. The average Bonchev–Trinajstić information content (AvgIpc) is 2.00. The van der Waals surface area contributed by atoms with Crippen LogP contribution in [-0.2, 0) is 0 Å². The molecule has 0 amide bonds. The topological polar surface area (TPSA) is 239 Å². The van der Waals surface area contributed by atoms with Crippen LogP contribution in [0.15, 0.2) is 0 Å². The predicted molar refractivity (Wildman–Crippen MR) is 51.0 cm³/mol. The summed E-state index contributed by atoms with van der Waals surface area (Å²) < 4.78 is 0. The molecule has 0 aliphatic carbocycles. The maximum absolute atomic E-state index is 8.25. The third kappa shape index (κ3) is 2270. The van der Waals surface area contributed by atoms with E-state index in [1.807, 2.05) is 0 Å². The number of rotatable bonds is 1. The molecule has 0 spiro atoms. The number of nitrogens with zero attached hydrogens (tertiary/aromatic N) is 3. The van der Waals surface area contributed by atoms with Crippen molar-refractivity contribution in [2.75, 3.05) is 13.2 Å². The first-order valence-electron chi connectivity index (χ1n) is 2.78. The standard InChI is InChI=1S/C2H6O2.Al.3NO3/c3-1-2-4;;3*2-1(3)4/h3-4H,1-2H2;;;;/q;+3;3*-1. The Morgan fingerprint density at radius 1 is 0.647 bits per heavy atom. The van der Waals surface area contributed by atoms with E-state index < -0.39 is 15.3 Å².